The fourth-order valence-electron chi connectivity index (χ4n) is 3.75. The van der Waals surface area contributed by atoms with Crippen molar-refractivity contribution in [2.75, 3.05) is 25.5 Å². The van der Waals surface area contributed by atoms with E-state index in [1.807, 2.05) is 19.2 Å². The van der Waals surface area contributed by atoms with Gasteiger partial charge in [0, 0.05) is 42.7 Å². The summed E-state index contributed by atoms with van der Waals surface area (Å²) in [5, 5.41) is 9.29. The molecule has 0 bridgehead atoms. The molecule has 1 atom stereocenters. The van der Waals surface area contributed by atoms with Gasteiger partial charge in [-0.2, -0.15) is 5.10 Å². The molecule has 136 valence electrons. The van der Waals surface area contributed by atoms with Gasteiger partial charge in [0.05, 0.1) is 11.7 Å². The zero-order chi connectivity index (χ0) is 17.9. The number of aryl methyl sites for hydroxylation is 3. The number of hydrogen-bond donors (Lipinski definition) is 1. The summed E-state index contributed by atoms with van der Waals surface area (Å²) in [4.78, 5) is 11.6. The molecule has 4 rings (SSSR count). The maximum atomic E-state index is 4.62. The first-order chi connectivity index (χ1) is 12.7. The fourth-order valence-corrected chi connectivity index (χ4v) is 3.75. The van der Waals surface area contributed by atoms with E-state index in [2.05, 4.69) is 61.3 Å². The number of piperidine rings is 1. The van der Waals surface area contributed by atoms with Crippen molar-refractivity contribution in [3.8, 4) is 0 Å². The molecule has 3 heterocycles. The quantitative estimate of drug-likeness (QED) is 0.767. The normalized spacial score (nSPS) is 18.3. The Hall–Kier alpha value is -2.47. The zero-order valence-corrected chi connectivity index (χ0v) is 15.5. The fraction of sp³-hybridized carbons (Fsp3) is 0.450. The van der Waals surface area contributed by atoms with Crippen molar-refractivity contribution in [2.45, 2.75) is 38.8 Å². The van der Waals surface area contributed by atoms with E-state index in [9.17, 15) is 0 Å². The van der Waals surface area contributed by atoms with E-state index in [1.54, 1.807) is 0 Å². The third kappa shape index (κ3) is 3.85. The highest BCUT2D eigenvalue weighted by molar-refractivity contribution is 5.78. The van der Waals surface area contributed by atoms with Crippen LogP contribution < -0.4 is 5.32 Å². The first kappa shape index (κ1) is 17.0. The lowest BCUT2D eigenvalue weighted by Crippen LogP contribution is -2.40. The Morgan fingerprint density at radius 3 is 3.00 bits per heavy atom. The monoisotopic (exact) mass is 350 g/mol. The SMILES string of the molecule is Cc1nc(CCn2ncc3ccccc32)cc(NC2CCCN(C)C2)n1. The van der Waals surface area contributed by atoms with Crippen molar-refractivity contribution in [3.05, 3.63) is 48.0 Å². The number of hydrogen-bond acceptors (Lipinski definition) is 5. The number of nitrogens with one attached hydrogen (secondary N) is 1. The van der Waals surface area contributed by atoms with Crippen molar-refractivity contribution in [2.24, 2.45) is 0 Å². The molecule has 26 heavy (non-hydrogen) atoms. The molecule has 6 nitrogen and oxygen atoms in total. The first-order valence-electron chi connectivity index (χ1n) is 9.37. The number of likely N-dealkylation sites (tertiary alicyclic amines) is 1. The van der Waals surface area contributed by atoms with Crippen LogP contribution in [0.5, 0.6) is 0 Å². The Morgan fingerprint density at radius 2 is 2.12 bits per heavy atom. The van der Waals surface area contributed by atoms with Crippen LogP contribution in [0, 0.1) is 6.92 Å². The van der Waals surface area contributed by atoms with Crippen molar-refractivity contribution in [1.82, 2.24) is 24.6 Å². The molecule has 1 N–H and O–H groups in total. The summed E-state index contributed by atoms with van der Waals surface area (Å²) in [6.45, 7) is 5.03. The van der Waals surface area contributed by atoms with Gasteiger partial charge in [-0.3, -0.25) is 4.68 Å². The summed E-state index contributed by atoms with van der Waals surface area (Å²) in [5.74, 6) is 1.76. The van der Waals surface area contributed by atoms with Gasteiger partial charge in [-0.1, -0.05) is 18.2 Å². The second-order valence-corrected chi connectivity index (χ2v) is 7.21. The molecule has 1 unspecified atom stereocenters. The van der Waals surface area contributed by atoms with Crippen molar-refractivity contribution in [1.29, 1.82) is 0 Å². The first-order valence-corrected chi connectivity index (χ1v) is 9.37. The second-order valence-electron chi connectivity index (χ2n) is 7.21. The Kier molecular flexibility index (Phi) is 4.84. The molecule has 1 saturated heterocycles. The Bertz CT molecular complexity index is 887. The largest absolute Gasteiger partial charge is 0.366 e. The number of anilines is 1. The van der Waals surface area contributed by atoms with Gasteiger partial charge in [0.1, 0.15) is 11.6 Å². The van der Waals surface area contributed by atoms with Gasteiger partial charge >= 0.3 is 0 Å². The van der Waals surface area contributed by atoms with E-state index >= 15 is 0 Å². The number of likely N-dealkylation sites (N-methyl/N-ethyl adjacent to an activating group) is 1. The molecule has 1 aliphatic heterocycles. The summed E-state index contributed by atoms with van der Waals surface area (Å²) in [7, 11) is 2.18. The van der Waals surface area contributed by atoms with Gasteiger partial charge in [0.25, 0.3) is 0 Å². The Labute approximate surface area is 154 Å². The van der Waals surface area contributed by atoms with Crippen LogP contribution in [0.3, 0.4) is 0 Å². The zero-order valence-electron chi connectivity index (χ0n) is 15.5. The molecule has 0 radical (unpaired) electrons. The summed E-state index contributed by atoms with van der Waals surface area (Å²) in [5.41, 5.74) is 2.23. The number of rotatable bonds is 5. The van der Waals surface area contributed by atoms with Crippen LogP contribution in [0.4, 0.5) is 5.82 Å². The van der Waals surface area contributed by atoms with Crippen LogP contribution in [0.15, 0.2) is 36.5 Å². The average Bonchev–Trinajstić information content (AvgIpc) is 3.03. The van der Waals surface area contributed by atoms with E-state index < -0.39 is 0 Å². The Balaban J connectivity index is 1.45. The van der Waals surface area contributed by atoms with Crippen LogP contribution in [-0.2, 0) is 13.0 Å². The van der Waals surface area contributed by atoms with Gasteiger partial charge in [-0.05, 0) is 39.4 Å². The maximum absolute atomic E-state index is 4.62. The van der Waals surface area contributed by atoms with Gasteiger partial charge < -0.3 is 10.2 Å². The lowest BCUT2D eigenvalue weighted by atomic mass is 10.1. The molecule has 0 spiro atoms. The molecule has 1 aliphatic rings. The van der Waals surface area contributed by atoms with Gasteiger partial charge in [-0.25, -0.2) is 9.97 Å². The molecule has 3 aromatic rings. The van der Waals surface area contributed by atoms with Crippen molar-refractivity contribution < 1.29 is 0 Å². The predicted molar refractivity (Wildman–Crippen MR) is 104 cm³/mol. The number of para-hydroxylation sites is 1. The molecular weight excluding hydrogens is 324 g/mol. The predicted octanol–water partition coefficient (Wildman–Crippen LogP) is 2.88. The highest BCUT2D eigenvalue weighted by Crippen LogP contribution is 2.16. The molecule has 0 aliphatic carbocycles. The van der Waals surface area contributed by atoms with Crippen LogP contribution in [0.2, 0.25) is 0 Å². The lowest BCUT2D eigenvalue weighted by molar-refractivity contribution is 0.260. The Morgan fingerprint density at radius 1 is 1.23 bits per heavy atom. The molecule has 0 saturated carbocycles. The summed E-state index contributed by atoms with van der Waals surface area (Å²) in [6.07, 6.45) is 5.20. The minimum atomic E-state index is 0.464. The van der Waals surface area contributed by atoms with E-state index in [-0.39, 0.29) is 0 Å². The molecule has 2 aromatic heterocycles. The van der Waals surface area contributed by atoms with Crippen LogP contribution in [0.1, 0.15) is 24.4 Å². The third-order valence-corrected chi connectivity index (χ3v) is 5.00. The van der Waals surface area contributed by atoms with Gasteiger partial charge in [0.2, 0.25) is 0 Å². The molecule has 6 heteroatoms. The van der Waals surface area contributed by atoms with Crippen LogP contribution >= 0.6 is 0 Å². The van der Waals surface area contributed by atoms with Gasteiger partial charge in [-0.15, -0.1) is 0 Å². The second kappa shape index (κ2) is 7.41. The average molecular weight is 350 g/mol. The summed E-state index contributed by atoms with van der Waals surface area (Å²) >= 11 is 0. The number of aromatic nitrogens is 4. The van der Waals surface area contributed by atoms with E-state index in [1.165, 1.54) is 30.3 Å². The van der Waals surface area contributed by atoms with Crippen LogP contribution in [-0.4, -0.2) is 50.8 Å². The molecule has 1 fully saturated rings. The number of benzene rings is 1. The lowest BCUT2D eigenvalue weighted by Gasteiger charge is -2.30. The van der Waals surface area contributed by atoms with E-state index in [0.717, 1.165) is 36.8 Å². The summed E-state index contributed by atoms with van der Waals surface area (Å²) < 4.78 is 2.05. The highest BCUT2D eigenvalue weighted by atomic mass is 15.3. The topological polar surface area (TPSA) is 58.9 Å². The standard InChI is InChI=1S/C20H26N6/c1-15-22-17(9-11-26-19-8-4-3-6-16(19)13-21-26)12-20(23-15)24-18-7-5-10-25(2)14-18/h3-4,6,8,12-13,18H,5,7,9-11,14H2,1-2H3,(H,22,23,24). The molecule has 0 amide bonds. The highest BCUT2D eigenvalue weighted by Gasteiger charge is 2.17. The number of fused-ring (bicyclic) bond motifs is 1. The molecule has 1 aromatic carbocycles. The minimum Gasteiger partial charge on any atom is -0.366 e. The van der Waals surface area contributed by atoms with Crippen molar-refractivity contribution >= 4 is 16.7 Å². The maximum Gasteiger partial charge on any atom is 0.130 e. The van der Waals surface area contributed by atoms with Crippen molar-refractivity contribution in [3.63, 3.8) is 0 Å². The van der Waals surface area contributed by atoms with Gasteiger partial charge in [0.15, 0.2) is 0 Å². The smallest absolute Gasteiger partial charge is 0.130 e. The molecular formula is C20H26N6. The third-order valence-electron chi connectivity index (χ3n) is 5.00. The van der Waals surface area contributed by atoms with E-state index in [0.29, 0.717) is 6.04 Å². The minimum absolute atomic E-state index is 0.464. The number of nitrogens with zero attached hydrogens (tertiary/aromatic N) is 5. The summed E-state index contributed by atoms with van der Waals surface area (Å²) in [6, 6.07) is 10.9. The van der Waals surface area contributed by atoms with E-state index in [4.69, 9.17) is 0 Å². The van der Waals surface area contributed by atoms with Crippen LogP contribution in [0.25, 0.3) is 10.9 Å².